The van der Waals surface area contributed by atoms with Crippen LogP contribution in [0.4, 0.5) is 0 Å². The fraction of sp³-hybridized carbons (Fsp3) is 0.696. The van der Waals surface area contributed by atoms with Gasteiger partial charge in [-0.25, -0.2) is 0 Å². The van der Waals surface area contributed by atoms with Crippen molar-refractivity contribution in [1.82, 2.24) is 20.4 Å². The third kappa shape index (κ3) is 7.57. The summed E-state index contributed by atoms with van der Waals surface area (Å²) in [5, 5.41) is 7.09. The molecular weight excluding hydrogens is 489 g/mol. The normalized spacial score (nSPS) is 20.3. The third-order valence-corrected chi connectivity index (χ3v) is 6.38. The van der Waals surface area contributed by atoms with E-state index < -0.39 is 0 Å². The van der Waals surface area contributed by atoms with Crippen molar-refractivity contribution in [2.45, 2.75) is 44.1 Å². The molecule has 2 N–H and O–H groups in total. The maximum atomic E-state index is 5.77. The highest BCUT2D eigenvalue weighted by Crippen LogP contribution is 2.30. The molecule has 7 heteroatoms. The van der Waals surface area contributed by atoms with Crippen molar-refractivity contribution in [2.75, 3.05) is 60.0 Å². The van der Waals surface area contributed by atoms with Crippen LogP contribution in [0.15, 0.2) is 35.3 Å². The van der Waals surface area contributed by atoms with Crippen LogP contribution in [0.5, 0.6) is 5.75 Å². The Hall–Kier alpha value is -1.06. The number of para-hydroxylation sites is 1. The molecule has 170 valence electrons. The lowest BCUT2D eigenvalue weighted by molar-refractivity contribution is 0.0173. The summed E-state index contributed by atoms with van der Waals surface area (Å²) in [5.41, 5.74) is 0.265. The van der Waals surface area contributed by atoms with Crippen molar-refractivity contribution < 1.29 is 4.74 Å². The monoisotopic (exact) mass is 529 g/mol. The van der Waals surface area contributed by atoms with Crippen LogP contribution in [0.25, 0.3) is 0 Å². The number of guanidine groups is 1. The molecule has 2 aliphatic rings. The second-order valence-corrected chi connectivity index (χ2v) is 8.44. The molecule has 1 aromatic rings. The van der Waals surface area contributed by atoms with Crippen LogP contribution in [0, 0.1) is 0 Å². The smallest absolute Gasteiger partial charge is 0.191 e. The summed E-state index contributed by atoms with van der Waals surface area (Å²) >= 11 is 0. The van der Waals surface area contributed by atoms with E-state index >= 15 is 0 Å². The zero-order valence-electron chi connectivity index (χ0n) is 18.7. The lowest BCUT2D eigenvalue weighted by Gasteiger charge is -2.50. The van der Waals surface area contributed by atoms with E-state index in [2.05, 4.69) is 32.5 Å². The van der Waals surface area contributed by atoms with Gasteiger partial charge in [0.2, 0.25) is 0 Å². The van der Waals surface area contributed by atoms with E-state index in [1.807, 2.05) is 37.4 Å². The lowest BCUT2D eigenvalue weighted by Crippen LogP contribution is -2.62. The largest absolute Gasteiger partial charge is 0.494 e. The maximum Gasteiger partial charge on any atom is 0.191 e. The number of benzene rings is 1. The first kappa shape index (κ1) is 25.2. The molecule has 2 heterocycles. The average Bonchev–Trinajstić information content (AvgIpc) is 2.78. The Morgan fingerprint density at radius 1 is 1.03 bits per heavy atom. The zero-order valence-corrected chi connectivity index (χ0v) is 21.1. The molecule has 30 heavy (non-hydrogen) atoms. The van der Waals surface area contributed by atoms with E-state index in [-0.39, 0.29) is 29.5 Å². The molecule has 0 aromatic heterocycles. The summed E-state index contributed by atoms with van der Waals surface area (Å²) in [6, 6.07) is 10.00. The molecule has 1 aromatic carbocycles. The Labute approximate surface area is 199 Å². The van der Waals surface area contributed by atoms with Crippen molar-refractivity contribution in [2.24, 2.45) is 4.99 Å². The molecular formula is C23H40IN5O. The number of halogens is 1. The Bertz CT molecular complexity index is 613. The van der Waals surface area contributed by atoms with E-state index in [9.17, 15) is 0 Å². The molecule has 2 saturated heterocycles. The number of hydrogen-bond acceptors (Lipinski definition) is 4. The summed E-state index contributed by atoms with van der Waals surface area (Å²) in [6.07, 6.45) is 7.47. The minimum Gasteiger partial charge on any atom is -0.494 e. The second kappa shape index (κ2) is 13.4. The summed E-state index contributed by atoms with van der Waals surface area (Å²) in [5.74, 6) is 1.83. The molecule has 0 radical (unpaired) electrons. The second-order valence-electron chi connectivity index (χ2n) is 8.44. The number of likely N-dealkylation sites (tertiary alicyclic amines) is 2. The molecule has 0 aliphatic carbocycles. The zero-order chi connectivity index (χ0) is 20.4. The summed E-state index contributed by atoms with van der Waals surface area (Å²) in [6.45, 7) is 7.38. The molecule has 3 rings (SSSR count). The van der Waals surface area contributed by atoms with Crippen LogP contribution in [0.3, 0.4) is 0 Å². The predicted octanol–water partition coefficient (Wildman–Crippen LogP) is 3.19. The Kier molecular flexibility index (Phi) is 11.2. The summed E-state index contributed by atoms with van der Waals surface area (Å²) in [7, 11) is 4.10. The van der Waals surface area contributed by atoms with Crippen molar-refractivity contribution in [1.29, 1.82) is 0 Å². The minimum atomic E-state index is 0. The van der Waals surface area contributed by atoms with Gasteiger partial charge in [-0.15, -0.1) is 24.0 Å². The number of aliphatic imine (C=N–C) groups is 1. The van der Waals surface area contributed by atoms with Crippen LogP contribution >= 0.6 is 24.0 Å². The molecule has 0 bridgehead atoms. The van der Waals surface area contributed by atoms with Gasteiger partial charge < -0.3 is 20.3 Å². The van der Waals surface area contributed by atoms with Crippen molar-refractivity contribution in [3.63, 3.8) is 0 Å². The first-order chi connectivity index (χ1) is 14.2. The molecule has 0 atom stereocenters. The Morgan fingerprint density at radius 2 is 1.73 bits per heavy atom. The van der Waals surface area contributed by atoms with E-state index in [0.29, 0.717) is 6.61 Å². The molecule has 0 spiro atoms. The van der Waals surface area contributed by atoms with Crippen LogP contribution in [0.1, 0.15) is 38.5 Å². The third-order valence-electron chi connectivity index (χ3n) is 6.38. The van der Waals surface area contributed by atoms with Crippen LogP contribution in [-0.2, 0) is 0 Å². The van der Waals surface area contributed by atoms with E-state index in [1.165, 1.54) is 58.3 Å². The van der Waals surface area contributed by atoms with Crippen molar-refractivity contribution in [3.8, 4) is 5.75 Å². The Balaban J connectivity index is 0.00000320. The molecule has 6 nitrogen and oxygen atoms in total. The molecule has 0 unspecified atom stereocenters. The van der Waals surface area contributed by atoms with Gasteiger partial charge in [-0.1, -0.05) is 24.6 Å². The highest BCUT2D eigenvalue weighted by atomic mass is 127. The number of nitrogens with one attached hydrogen (secondary N) is 2. The first-order valence-electron chi connectivity index (χ1n) is 11.3. The quantitative estimate of drug-likeness (QED) is 0.235. The fourth-order valence-corrected chi connectivity index (χ4v) is 4.46. The number of nitrogens with zero attached hydrogens (tertiary/aromatic N) is 3. The van der Waals surface area contributed by atoms with Gasteiger partial charge >= 0.3 is 0 Å². The van der Waals surface area contributed by atoms with E-state index in [1.54, 1.807) is 0 Å². The van der Waals surface area contributed by atoms with Crippen LogP contribution in [-0.4, -0.2) is 81.3 Å². The topological polar surface area (TPSA) is 52.1 Å². The van der Waals surface area contributed by atoms with Gasteiger partial charge in [0.1, 0.15) is 5.75 Å². The van der Waals surface area contributed by atoms with Gasteiger partial charge in [-0.3, -0.25) is 9.89 Å². The van der Waals surface area contributed by atoms with Gasteiger partial charge in [0.15, 0.2) is 5.96 Å². The van der Waals surface area contributed by atoms with Gasteiger partial charge in [0, 0.05) is 25.7 Å². The highest BCUT2D eigenvalue weighted by molar-refractivity contribution is 14.0. The molecule has 0 saturated carbocycles. The van der Waals surface area contributed by atoms with Crippen molar-refractivity contribution in [3.05, 3.63) is 30.3 Å². The standard InChI is InChI=1S/C23H39N5O.HI/c1-24-22(25-14-9-19-29-21-10-5-3-6-11-21)26-20-23(12-17-27(2)18-13-23)28-15-7-4-8-16-28;/h3,5-6,10-11H,4,7-9,12-20H2,1-2H3,(H2,24,25,26);1H. The predicted molar refractivity (Wildman–Crippen MR) is 136 cm³/mol. The summed E-state index contributed by atoms with van der Waals surface area (Å²) < 4.78 is 5.77. The minimum absolute atomic E-state index is 0. The van der Waals surface area contributed by atoms with Gasteiger partial charge in [-0.2, -0.15) is 0 Å². The number of hydrogen-bond donors (Lipinski definition) is 2. The lowest BCUT2D eigenvalue weighted by atomic mass is 9.84. The van der Waals surface area contributed by atoms with Gasteiger partial charge in [0.05, 0.1) is 6.61 Å². The Morgan fingerprint density at radius 3 is 2.40 bits per heavy atom. The average molecular weight is 530 g/mol. The molecule has 0 amide bonds. The number of rotatable bonds is 8. The SMILES string of the molecule is CN=C(NCCCOc1ccccc1)NCC1(N2CCCCC2)CCN(C)CC1.I. The summed E-state index contributed by atoms with van der Waals surface area (Å²) in [4.78, 5) is 9.67. The van der Waals surface area contributed by atoms with Crippen LogP contribution in [0.2, 0.25) is 0 Å². The molecule has 2 aliphatic heterocycles. The highest BCUT2D eigenvalue weighted by Gasteiger charge is 2.39. The molecule has 2 fully saturated rings. The first-order valence-corrected chi connectivity index (χ1v) is 11.3. The van der Waals surface area contributed by atoms with E-state index in [4.69, 9.17) is 4.74 Å². The number of piperidine rings is 2. The fourth-order valence-electron chi connectivity index (χ4n) is 4.46. The number of ether oxygens (including phenoxy) is 1. The van der Waals surface area contributed by atoms with Crippen LogP contribution < -0.4 is 15.4 Å². The van der Waals surface area contributed by atoms with Crippen molar-refractivity contribution >= 4 is 29.9 Å². The maximum absolute atomic E-state index is 5.77. The van der Waals surface area contributed by atoms with E-state index in [0.717, 1.165) is 31.2 Å². The van der Waals surface area contributed by atoms with Gasteiger partial charge in [0.25, 0.3) is 0 Å². The van der Waals surface area contributed by atoms with Gasteiger partial charge in [-0.05, 0) is 77.5 Å².